The molecule has 3 N–H and O–H groups in total. The highest BCUT2D eigenvalue weighted by atomic mass is 127. The summed E-state index contributed by atoms with van der Waals surface area (Å²) in [6.07, 6.45) is 28.6. The zero-order chi connectivity index (χ0) is 33.4. The van der Waals surface area contributed by atoms with Crippen LogP contribution in [0.5, 0.6) is 0 Å². The molecule has 0 aliphatic rings. The number of amides is 3. The van der Waals surface area contributed by atoms with Gasteiger partial charge in [0.05, 0.1) is 6.61 Å². The van der Waals surface area contributed by atoms with E-state index in [1.165, 1.54) is 0 Å². The number of hydrogen-bond acceptors (Lipinski definition) is 7. The first-order chi connectivity index (χ1) is 21.8. The fourth-order valence-electron chi connectivity index (χ4n) is 3.86. The first-order valence-electron chi connectivity index (χ1n) is 15.8. The lowest BCUT2D eigenvalue weighted by Crippen LogP contribution is -2.46. The van der Waals surface area contributed by atoms with Crippen LogP contribution in [-0.2, 0) is 22.2 Å². The van der Waals surface area contributed by atoms with Gasteiger partial charge in [0.25, 0.3) is 5.91 Å². The van der Waals surface area contributed by atoms with Crippen LogP contribution in [0.15, 0.2) is 60.8 Å². The summed E-state index contributed by atoms with van der Waals surface area (Å²) in [5.74, 6) is 1.29. The Kier molecular flexibility index (Phi) is 30.0. The second-order valence-corrected chi connectivity index (χ2v) is 14.1. The highest BCUT2D eigenvalue weighted by molar-refractivity contribution is 14.1. The predicted molar refractivity (Wildman–Crippen MR) is 201 cm³/mol. The molecule has 11 heteroatoms. The lowest BCUT2D eigenvalue weighted by molar-refractivity contribution is -0.133. The van der Waals surface area contributed by atoms with Crippen LogP contribution in [0, 0.1) is 5.41 Å². The minimum absolute atomic E-state index is 0.0888. The van der Waals surface area contributed by atoms with Crippen molar-refractivity contribution in [3.8, 4) is 0 Å². The maximum Gasteiger partial charge on any atom is 0.250 e. The zero-order valence-corrected chi connectivity index (χ0v) is 31.5. The minimum Gasteiger partial charge on any atom is -0.384 e. The van der Waals surface area contributed by atoms with E-state index >= 15 is 0 Å². The Bertz CT molecular complexity index is 939. The maximum absolute atomic E-state index is 12.4. The van der Waals surface area contributed by atoms with E-state index in [0.29, 0.717) is 26.1 Å². The van der Waals surface area contributed by atoms with Crippen molar-refractivity contribution in [1.29, 1.82) is 0 Å². The number of methoxy groups -OCH3 is 1. The third-order valence-corrected chi connectivity index (χ3v) is 9.15. The van der Waals surface area contributed by atoms with Crippen molar-refractivity contribution < 1.29 is 22.2 Å². The molecule has 0 saturated heterocycles. The van der Waals surface area contributed by atoms with Gasteiger partial charge in [0.2, 0.25) is 11.8 Å². The van der Waals surface area contributed by atoms with Gasteiger partial charge in [-0.05, 0) is 44.9 Å². The molecule has 0 spiro atoms. The number of carbonyl (C=O) groups excluding carboxylic acids is 3. The summed E-state index contributed by atoms with van der Waals surface area (Å²) in [4.78, 5) is 36.5. The van der Waals surface area contributed by atoms with Crippen LogP contribution in [-0.4, -0.2) is 68.7 Å². The minimum atomic E-state index is -0.672. The molecule has 3 amide bonds. The summed E-state index contributed by atoms with van der Waals surface area (Å²) in [6.45, 7) is 7.74. The van der Waals surface area contributed by atoms with Crippen molar-refractivity contribution in [3.63, 3.8) is 0 Å². The molecule has 256 valence electrons. The smallest absolute Gasteiger partial charge is 0.250 e. The molecule has 0 fully saturated rings. The van der Waals surface area contributed by atoms with Crippen LogP contribution in [0.25, 0.3) is 0 Å². The molecule has 0 aromatic rings. The van der Waals surface area contributed by atoms with Crippen LogP contribution in [0.3, 0.4) is 0 Å². The van der Waals surface area contributed by atoms with E-state index in [1.54, 1.807) is 51.7 Å². The van der Waals surface area contributed by atoms with E-state index in [-0.39, 0.29) is 30.7 Å². The predicted octanol–water partition coefficient (Wildman–Crippen LogP) is 7.44. The molecular weight excluding hydrogens is 721 g/mol. The third-order valence-electron chi connectivity index (χ3n) is 6.24. The Balaban J connectivity index is 3.67. The Labute approximate surface area is 294 Å². The van der Waals surface area contributed by atoms with Crippen LogP contribution in [0.2, 0.25) is 0 Å². The standard InChI is InChI=1S/C34H56IN3O5S2/c1-5-6-7-8-9-10-11-12-13-14-15-16-17-18-19-20-21-22-30(39)36-25-27-44-45-28-26-37-31(40)23-24-38-33(41)32(43-35)34(2,3)29-42-4/h6-7,9-10,12-13,15-16,18-19,32H,5,8,11,14,17,20-29H2,1-4H3,(H,36,39)(H,37,40)(H,38,41)/b7-6-,10-9-,13-12-,16-15-,19-18-/t32-/m0/s1. The van der Waals surface area contributed by atoms with Gasteiger partial charge in [-0.1, -0.05) is 103 Å². The van der Waals surface area contributed by atoms with E-state index in [0.717, 1.165) is 56.5 Å². The first kappa shape index (κ1) is 43.5. The van der Waals surface area contributed by atoms with E-state index in [1.807, 2.05) is 13.8 Å². The topological polar surface area (TPSA) is 106 Å². The second-order valence-electron chi connectivity index (χ2n) is 10.9. The van der Waals surface area contributed by atoms with Crippen LogP contribution in [0.1, 0.15) is 78.6 Å². The van der Waals surface area contributed by atoms with Crippen molar-refractivity contribution in [2.45, 2.75) is 84.7 Å². The molecule has 0 unspecified atom stereocenters. The summed E-state index contributed by atoms with van der Waals surface area (Å²) in [7, 11) is 4.92. The first-order valence-corrected chi connectivity index (χ1v) is 19.2. The third kappa shape index (κ3) is 27.3. The average Bonchev–Trinajstić information content (AvgIpc) is 3.00. The van der Waals surface area contributed by atoms with E-state index in [2.05, 4.69) is 83.6 Å². The number of ether oxygens (including phenoxy) is 1. The van der Waals surface area contributed by atoms with Gasteiger partial charge in [-0.2, -0.15) is 0 Å². The summed E-state index contributed by atoms with van der Waals surface area (Å²) < 4.78 is 10.5. The summed E-state index contributed by atoms with van der Waals surface area (Å²) in [6, 6.07) is 0. The highest BCUT2D eigenvalue weighted by Crippen LogP contribution is 2.25. The van der Waals surface area contributed by atoms with Gasteiger partial charge in [0, 0.05) is 56.5 Å². The largest absolute Gasteiger partial charge is 0.384 e. The number of nitrogens with one attached hydrogen (secondary N) is 3. The van der Waals surface area contributed by atoms with Gasteiger partial charge in [-0.3, -0.25) is 14.4 Å². The SMILES string of the molecule is CC/C=C\C/C=C\C/C=C\C/C=C\C/C=C\CCCC(=O)NCCSSCCNC(=O)CCNC(=O)[C@H](OI)C(C)(C)COC. The van der Waals surface area contributed by atoms with Crippen molar-refractivity contribution in [2.75, 3.05) is 44.9 Å². The molecule has 8 nitrogen and oxygen atoms in total. The van der Waals surface area contributed by atoms with Crippen molar-refractivity contribution >= 4 is 62.3 Å². The van der Waals surface area contributed by atoms with Gasteiger partial charge in [0.15, 0.2) is 6.10 Å². The summed E-state index contributed by atoms with van der Waals surface area (Å²) in [5, 5.41) is 8.59. The van der Waals surface area contributed by atoms with Gasteiger partial charge in [-0.15, -0.1) is 0 Å². The molecule has 0 aliphatic heterocycles. The summed E-state index contributed by atoms with van der Waals surface area (Å²) >= 11 is 1.72. The van der Waals surface area contributed by atoms with Crippen LogP contribution in [0.4, 0.5) is 0 Å². The van der Waals surface area contributed by atoms with Crippen LogP contribution >= 0.6 is 44.6 Å². The van der Waals surface area contributed by atoms with Gasteiger partial charge in [-0.25, -0.2) is 0 Å². The van der Waals surface area contributed by atoms with Crippen LogP contribution < -0.4 is 16.0 Å². The molecule has 0 radical (unpaired) electrons. The van der Waals surface area contributed by atoms with Crippen molar-refractivity contribution in [1.82, 2.24) is 16.0 Å². The fourth-order valence-corrected chi connectivity index (χ4v) is 6.60. The zero-order valence-electron chi connectivity index (χ0n) is 27.7. The molecule has 0 aliphatic carbocycles. The van der Waals surface area contributed by atoms with Gasteiger partial charge in [0.1, 0.15) is 23.0 Å². The second kappa shape index (κ2) is 31.1. The Hall–Kier alpha value is -1.54. The molecular formula is C34H56IN3O5S2. The number of unbranched alkanes of at least 4 members (excludes halogenated alkanes) is 1. The molecule has 0 saturated carbocycles. The molecule has 0 aromatic carbocycles. The normalized spacial score (nSPS) is 13.1. The molecule has 45 heavy (non-hydrogen) atoms. The number of hydrogen-bond donors (Lipinski definition) is 3. The van der Waals surface area contributed by atoms with E-state index < -0.39 is 11.5 Å². The lowest BCUT2D eigenvalue weighted by atomic mass is 9.87. The number of allylic oxidation sites excluding steroid dienone is 10. The monoisotopic (exact) mass is 777 g/mol. The fraction of sp³-hybridized carbons (Fsp3) is 0.618. The lowest BCUT2D eigenvalue weighted by Gasteiger charge is -2.30. The number of rotatable bonds is 28. The molecule has 0 bridgehead atoms. The highest BCUT2D eigenvalue weighted by Gasteiger charge is 2.36. The average molecular weight is 778 g/mol. The van der Waals surface area contributed by atoms with Crippen molar-refractivity contribution in [2.24, 2.45) is 5.41 Å². The molecule has 1 atom stereocenters. The quantitative estimate of drug-likeness (QED) is 0.0329. The van der Waals surface area contributed by atoms with E-state index in [4.69, 9.17) is 7.80 Å². The Morgan fingerprint density at radius 2 is 1.22 bits per heavy atom. The van der Waals surface area contributed by atoms with Crippen molar-refractivity contribution in [3.05, 3.63) is 60.8 Å². The molecule has 0 heterocycles. The summed E-state index contributed by atoms with van der Waals surface area (Å²) in [5.41, 5.74) is -0.489. The van der Waals surface area contributed by atoms with Gasteiger partial charge < -0.3 is 23.8 Å². The van der Waals surface area contributed by atoms with Gasteiger partial charge >= 0.3 is 0 Å². The Morgan fingerprint density at radius 3 is 1.71 bits per heavy atom. The molecule has 0 rings (SSSR count). The maximum atomic E-state index is 12.4. The molecule has 0 aromatic heterocycles. The number of halogens is 1. The number of carbonyl (C=O) groups is 3. The Morgan fingerprint density at radius 1 is 0.733 bits per heavy atom. The van der Waals surface area contributed by atoms with E-state index in [9.17, 15) is 14.4 Å².